The van der Waals surface area contributed by atoms with Crippen LogP contribution in [0, 0.1) is 5.92 Å². The first-order chi connectivity index (χ1) is 6.22. The summed E-state index contributed by atoms with van der Waals surface area (Å²) < 4.78 is 0. The molecule has 1 aliphatic heterocycles. The van der Waals surface area contributed by atoms with E-state index >= 15 is 0 Å². The number of carbonyl (C=O) groups excluding carboxylic acids is 1. The highest BCUT2D eigenvalue weighted by molar-refractivity contribution is 9.09. The Balaban J connectivity index is 2.55. The van der Waals surface area contributed by atoms with Gasteiger partial charge in [-0.3, -0.25) is 4.79 Å². The Morgan fingerprint density at radius 2 is 2.46 bits per heavy atom. The molecule has 1 amide bonds. The summed E-state index contributed by atoms with van der Waals surface area (Å²) in [6, 6.07) is 0.0246. The summed E-state index contributed by atoms with van der Waals surface area (Å²) in [7, 11) is 0. The Hall–Kier alpha value is -0.0900. The second-order valence-corrected chi connectivity index (χ2v) is 4.16. The first-order valence-corrected chi connectivity index (χ1v) is 5.81. The van der Waals surface area contributed by atoms with Crippen molar-refractivity contribution >= 4 is 21.8 Å². The van der Waals surface area contributed by atoms with Gasteiger partial charge in [-0.05, 0) is 12.3 Å². The Labute approximate surface area is 87.2 Å². The molecule has 1 heterocycles. The first kappa shape index (κ1) is 11.0. The molecule has 2 atom stereocenters. The molecular weight excluding hydrogens is 234 g/mol. The minimum Gasteiger partial charge on any atom is -0.394 e. The van der Waals surface area contributed by atoms with Crippen molar-refractivity contribution in [3.63, 3.8) is 0 Å². The van der Waals surface area contributed by atoms with E-state index in [2.05, 4.69) is 15.9 Å². The number of amides is 1. The van der Waals surface area contributed by atoms with Crippen LogP contribution in [0.2, 0.25) is 0 Å². The molecular formula is C9H16BrNO2. The van der Waals surface area contributed by atoms with Gasteiger partial charge in [-0.25, -0.2) is 0 Å². The second-order valence-electron chi connectivity index (χ2n) is 3.52. The highest BCUT2D eigenvalue weighted by Gasteiger charge is 2.32. The average Bonchev–Trinajstić information content (AvgIpc) is 2.50. The van der Waals surface area contributed by atoms with Gasteiger partial charge in [0.2, 0.25) is 5.91 Å². The van der Waals surface area contributed by atoms with Gasteiger partial charge >= 0.3 is 0 Å². The zero-order valence-corrected chi connectivity index (χ0v) is 9.46. The lowest BCUT2D eigenvalue weighted by Gasteiger charge is -2.25. The molecule has 0 radical (unpaired) electrons. The molecule has 1 aliphatic rings. The van der Waals surface area contributed by atoms with Crippen molar-refractivity contribution in [2.24, 2.45) is 5.92 Å². The van der Waals surface area contributed by atoms with Crippen LogP contribution in [-0.2, 0) is 4.79 Å². The maximum absolute atomic E-state index is 11.5. The van der Waals surface area contributed by atoms with Crippen LogP contribution in [0.15, 0.2) is 0 Å². The van der Waals surface area contributed by atoms with Gasteiger partial charge in [0.1, 0.15) is 0 Å². The molecule has 3 nitrogen and oxygen atoms in total. The quantitative estimate of drug-likeness (QED) is 0.756. The molecule has 76 valence electrons. The van der Waals surface area contributed by atoms with Gasteiger partial charge in [0.05, 0.1) is 12.6 Å². The highest BCUT2D eigenvalue weighted by atomic mass is 79.9. The third-order valence-electron chi connectivity index (χ3n) is 2.58. The molecule has 0 saturated carbocycles. The third-order valence-corrected chi connectivity index (χ3v) is 3.50. The fourth-order valence-electron chi connectivity index (χ4n) is 1.71. The molecule has 1 N–H and O–H groups in total. The molecule has 13 heavy (non-hydrogen) atoms. The summed E-state index contributed by atoms with van der Waals surface area (Å²) in [5.41, 5.74) is 0. The minimum atomic E-state index is 0.0246. The molecule has 0 bridgehead atoms. The number of rotatable bonds is 4. The van der Waals surface area contributed by atoms with Gasteiger partial charge in [0.25, 0.3) is 0 Å². The Morgan fingerprint density at radius 3 is 2.85 bits per heavy atom. The van der Waals surface area contributed by atoms with Crippen molar-refractivity contribution in [3.05, 3.63) is 0 Å². The van der Waals surface area contributed by atoms with E-state index in [1.54, 1.807) is 0 Å². The van der Waals surface area contributed by atoms with E-state index in [-0.39, 0.29) is 18.6 Å². The lowest BCUT2D eigenvalue weighted by atomic mass is 10.1. The second kappa shape index (κ2) is 4.96. The van der Waals surface area contributed by atoms with Crippen molar-refractivity contribution in [1.82, 2.24) is 4.90 Å². The highest BCUT2D eigenvalue weighted by Crippen LogP contribution is 2.22. The lowest BCUT2D eigenvalue weighted by Crippen LogP contribution is -2.38. The van der Waals surface area contributed by atoms with Crippen molar-refractivity contribution in [2.45, 2.75) is 25.8 Å². The van der Waals surface area contributed by atoms with Crippen molar-refractivity contribution < 1.29 is 9.90 Å². The minimum absolute atomic E-state index is 0.0246. The number of halogens is 1. The van der Waals surface area contributed by atoms with Crippen LogP contribution in [0.4, 0.5) is 0 Å². The zero-order valence-electron chi connectivity index (χ0n) is 7.87. The lowest BCUT2D eigenvalue weighted by molar-refractivity contribution is -0.130. The maximum atomic E-state index is 11.5. The molecule has 1 saturated heterocycles. The molecule has 1 unspecified atom stereocenters. The summed E-state index contributed by atoms with van der Waals surface area (Å²) in [4.78, 5) is 13.3. The van der Waals surface area contributed by atoms with Gasteiger partial charge < -0.3 is 10.0 Å². The van der Waals surface area contributed by atoms with E-state index in [1.807, 2.05) is 11.8 Å². The molecule has 0 aliphatic carbocycles. The Morgan fingerprint density at radius 1 is 1.77 bits per heavy atom. The van der Waals surface area contributed by atoms with Crippen molar-refractivity contribution in [1.29, 1.82) is 0 Å². The van der Waals surface area contributed by atoms with Gasteiger partial charge in [-0.15, -0.1) is 0 Å². The number of likely N-dealkylation sites (tertiary alicyclic amines) is 1. The van der Waals surface area contributed by atoms with E-state index in [0.717, 1.165) is 18.3 Å². The van der Waals surface area contributed by atoms with Crippen LogP contribution in [-0.4, -0.2) is 40.4 Å². The van der Waals surface area contributed by atoms with E-state index in [1.165, 1.54) is 0 Å². The number of aliphatic hydroxyl groups excluding tert-OH is 1. The Kier molecular flexibility index (Phi) is 4.19. The standard InChI is InChI=1S/C9H16BrNO2/c1-2-8(6-12)11-5-7(4-10)3-9(11)13/h7-8,12H,2-6H2,1H3/t7?,8-/m0/s1. The molecule has 0 aromatic rings. The number of hydrogen-bond donors (Lipinski definition) is 1. The van der Waals surface area contributed by atoms with E-state index in [4.69, 9.17) is 5.11 Å². The Bertz CT molecular complexity index is 182. The normalized spacial score (nSPS) is 25.3. The number of hydrogen-bond acceptors (Lipinski definition) is 2. The first-order valence-electron chi connectivity index (χ1n) is 4.69. The largest absolute Gasteiger partial charge is 0.394 e. The summed E-state index contributed by atoms with van der Waals surface area (Å²) in [6.45, 7) is 2.87. The van der Waals surface area contributed by atoms with E-state index in [0.29, 0.717) is 12.3 Å². The fraction of sp³-hybridized carbons (Fsp3) is 0.889. The van der Waals surface area contributed by atoms with Crippen LogP contribution in [0.25, 0.3) is 0 Å². The van der Waals surface area contributed by atoms with Crippen LogP contribution >= 0.6 is 15.9 Å². The van der Waals surface area contributed by atoms with Gasteiger partial charge in [0, 0.05) is 18.3 Å². The topological polar surface area (TPSA) is 40.5 Å². The van der Waals surface area contributed by atoms with Gasteiger partial charge in [-0.2, -0.15) is 0 Å². The predicted molar refractivity (Wildman–Crippen MR) is 54.8 cm³/mol. The molecule has 1 fully saturated rings. The van der Waals surface area contributed by atoms with Gasteiger partial charge in [0.15, 0.2) is 0 Å². The summed E-state index contributed by atoms with van der Waals surface area (Å²) in [5.74, 6) is 0.610. The van der Waals surface area contributed by atoms with Crippen LogP contribution in [0.1, 0.15) is 19.8 Å². The predicted octanol–water partition coefficient (Wildman–Crippen LogP) is 1.00. The van der Waals surface area contributed by atoms with Crippen molar-refractivity contribution in [2.75, 3.05) is 18.5 Å². The molecule has 4 heteroatoms. The fourth-order valence-corrected chi connectivity index (χ4v) is 2.15. The number of alkyl halides is 1. The maximum Gasteiger partial charge on any atom is 0.223 e. The SMILES string of the molecule is CC[C@@H](CO)N1CC(CBr)CC1=O. The molecule has 0 aromatic carbocycles. The zero-order chi connectivity index (χ0) is 9.84. The average molecular weight is 250 g/mol. The van der Waals surface area contributed by atoms with Crippen molar-refractivity contribution in [3.8, 4) is 0 Å². The van der Waals surface area contributed by atoms with E-state index < -0.39 is 0 Å². The van der Waals surface area contributed by atoms with Crippen LogP contribution < -0.4 is 0 Å². The smallest absolute Gasteiger partial charge is 0.223 e. The van der Waals surface area contributed by atoms with Gasteiger partial charge in [-0.1, -0.05) is 22.9 Å². The van der Waals surface area contributed by atoms with Crippen LogP contribution in [0.3, 0.4) is 0 Å². The van der Waals surface area contributed by atoms with E-state index in [9.17, 15) is 4.79 Å². The third kappa shape index (κ3) is 2.44. The molecule has 0 aromatic heterocycles. The number of nitrogens with zero attached hydrogens (tertiary/aromatic N) is 1. The summed E-state index contributed by atoms with van der Waals surface area (Å²) >= 11 is 3.38. The summed E-state index contributed by atoms with van der Waals surface area (Å²) in [6.07, 6.45) is 1.46. The molecule has 0 spiro atoms. The number of aliphatic hydroxyl groups is 1. The molecule has 1 rings (SSSR count). The number of carbonyl (C=O) groups is 1. The monoisotopic (exact) mass is 249 g/mol. The summed E-state index contributed by atoms with van der Waals surface area (Å²) in [5, 5.41) is 9.93. The van der Waals surface area contributed by atoms with Crippen LogP contribution in [0.5, 0.6) is 0 Å².